The van der Waals surface area contributed by atoms with Crippen LogP contribution in [0.15, 0.2) is 29.3 Å². The highest BCUT2D eigenvalue weighted by Gasteiger charge is 1.98. The fourth-order valence-corrected chi connectivity index (χ4v) is 1.24. The van der Waals surface area contributed by atoms with Crippen LogP contribution < -0.4 is 5.11 Å². The average molecular weight is 192 g/mol. The van der Waals surface area contributed by atoms with Gasteiger partial charge in [-0.3, -0.25) is 0 Å². The third-order valence-corrected chi connectivity index (χ3v) is 1.90. The maximum absolute atomic E-state index is 10.9. The van der Waals surface area contributed by atoms with Crippen molar-refractivity contribution in [3.63, 3.8) is 0 Å². The minimum absolute atomic E-state index is 0.548. The molecule has 0 saturated heterocycles. The Hall–Kier alpha value is -1.51. The molecule has 3 heteroatoms. The highest BCUT2D eigenvalue weighted by Crippen LogP contribution is 2.19. The Kier molecular flexibility index (Phi) is 3.98. The van der Waals surface area contributed by atoms with Crippen molar-refractivity contribution in [1.82, 2.24) is 0 Å². The van der Waals surface area contributed by atoms with Gasteiger partial charge in [-0.2, -0.15) is 0 Å². The van der Waals surface area contributed by atoms with Crippen molar-refractivity contribution in [3.8, 4) is 0 Å². The molecule has 0 saturated carbocycles. The van der Waals surface area contributed by atoms with Crippen LogP contribution in [0.5, 0.6) is 0 Å². The number of ether oxygens (including phenoxy) is 1. The number of benzene rings is 1. The summed E-state index contributed by atoms with van der Waals surface area (Å²) in [6.45, 7) is 2.09. The number of hydrogen-bond acceptors (Lipinski definition) is 3. The lowest BCUT2D eigenvalue weighted by Gasteiger charge is -2.09. The number of aliphatic imine (C=N–C) groups is 1. The molecule has 0 atom stereocenters. The first-order valence-corrected chi connectivity index (χ1v) is 4.65. The van der Waals surface area contributed by atoms with E-state index in [1.54, 1.807) is 0 Å². The summed E-state index contributed by atoms with van der Waals surface area (Å²) in [7, 11) is 1.33. The summed E-state index contributed by atoms with van der Waals surface area (Å²) < 4.78 is 4.48. The lowest BCUT2D eigenvalue weighted by Crippen LogP contribution is -2.18. The van der Waals surface area contributed by atoms with Gasteiger partial charge in [-0.15, -0.1) is 0 Å². The summed E-state index contributed by atoms with van der Waals surface area (Å²) in [5.74, 6) is 0. The molecule has 0 aromatic heterocycles. The summed E-state index contributed by atoms with van der Waals surface area (Å²) in [6, 6.07) is 7.61. The Labute approximate surface area is 84.1 Å². The normalized spacial score (nSPS) is 11.4. The van der Waals surface area contributed by atoms with E-state index in [2.05, 4.69) is 16.7 Å². The monoisotopic (exact) mass is 192 g/mol. The second-order valence-electron chi connectivity index (χ2n) is 2.96. The molecule has 0 radical (unpaired) electrons. The number of methoxy groups -OCH3 is 1. The predicted molar refractivity (Wildman–Crippen MR) is 54.5 cm³/mol. The summed E-state index contributed by atoms with van der Waals surface area (Å²) in [4.78, 5) is 3.83. The van der Waals surface area contributed by atoms with Crippen LogP contribution in [0.2, 0.25) is 0 Å². The van der Waals surface area contributed by atoms with Gasteiger partial charge in [-0.25, -0.2) is 4.99 Å². The second kappa shape index (κ2) is 5.27. The van der Waals surface area contributed by atoms with E-state index < -0.39 is 6.08 Å². The Morgan fingerprint density at radius 3 is 2.79 bits per heavy atom. The van der Waals surface area contributed by atoms with Gasteiger partial charge in [-0.1, -0.05) is 31.5 Å². The molecule has 0 aliphatic heterocycles. The number of nitrogens with zero attached hydrogens (tertiary/aromatic N) is 1. The van der Waals surface area contributed by atoms with Crippen molar-refractivity contribution in [1.29, 1.82) is 0 Å². The molecule has 0 N–H and O–H groups in total. The van der Waals surface area contributed by atoms with E-state index in [1.807, 2.05) is 24.3 Å². The van der Waals surface area contributed by atoms with Crippen LogP contribution in [0, 0.1) is 0 Å². The zero-order valence-electron chi connectivity index (χ0n) is 8.49. The van der Waals surface area contributed by atoms with Gasteiger partial charge in [0.05, 0.1) is 5.69 Å². The summed E-state index contributed by atoms with van der Waals surface area (Å²) in [5.41, 5.74) is 1.79. The van der Waals surface area contributed by atoms with Crippen molar-refractivity contribution >= 4 is 11.8 Å². The lowest BCUT2D eigenvalue weighted by molar-refractivity contribution is -0.247. The van der Waals surface area contributed by atoms with Gasteiger partial charge in [0, 0.05) is 0 Å². The molecule has 0 aliphatic rings. The molecular weight excluding hydrogens is 178 g/mol. The largest absolute Gasteiger partial charge is 0.603 e. The van der Waals surface area contributed by atoms with E-state index in [1.165, 1.54) is 7.11 Å². The highest BCUT2D eigenvalue weighted by atomic mass is 16.6. The molecule has 76 valence electrons. The molecular formula is C11H14NO2-. The number of rotatable bonds is 3. The molecule has 1 aromatic carbocycles. The van der Waals surface area contributed by atoms with Crippen molar-refractivity contribution in [2.75, 3.05) is 7.11 Å². The van der Waals surface area contributed by atoms with E-state index in [-0.39, 0.29) is 0 Å². The molecule has 0 bridgehead atoms. The molecule has 3 nitrogen and oxygen atoms in total. The van der Waals surface area contributed by atoms with Crippen LogP contribution in [-0.4, -0.2) is 13.2 Å². The first kappa shape index (κ1) is 10.6. The number of para-hydroxylation sites is 1. The molecule has 0 amide bonds. The van der Waals surface area contributed by atoms with Crippen LogP contribution in [0.4, 0.5) is 5.69 Å². The quantitative estimate of drug-likeness (QED) is 0.539. The molecule has 0 aliphatic carbocycles. The third-order valence-electron chi connectivity index (χ3n) is 1.90. The van der Waals surface area contributed by atoms with E-state index in [9.17, 15) is 5.11 Å². The maximum Gasteiger partial charge on any atom is 0.150 e. The molecule has 1 aromatic rings. The zero-order chi connectivity index (χ0) is 10.4. The van der Waals surface area contributed by atoms with Crippen molar-refractivity contribution < 1.29 is 9.84 Å². The van der Waals surface area contributed by atoms with Gasteiger partial charge in [0.15, 0.2) is 6.08 Å². The first-order valence-electron chi connectivity index (χ1n) is 4.65. The lowest BCUT2D eigenvalue weighted by atomic mass is 10.1. The predicted octanol–water partition coefficient (Wildman–Crippen LogP) is 1.63. The number of aryl methyl sites for hydroxylation is 1. The van der Waals surface area contributed by atoms with Crippen LogP contribution in [0.3, 0.4) is 0 Å². The average Bonchev–Trinajstić information content (AvgIpc) is 2.21. The van der Waals surface area contributed by atoms with E-state index in [0.717, 1.165) is 18.4 Å². The highest BCUT2D eigenvalue weighted by molar-refractivity contribution is 5.67. The minimum Gasteiger partial charge on any atom is -0.603 e. The third kappa shape index (κ3) is 2.76. The van der Waals surface area contributed by atoms with E-state index >= 15 is 0 Å². The van der Waals surface area contributed by atoms with Gasteiger partial charge in [0.2, 0.25) is 0 Å². The maximum atomic E-state index is 10.9. The smallest absolute Gasteiger partial charge is 0.150 e. The van der Waals surface area contributed by atoms with Crippen molar-refractivity contribution in [2.45, 2.75) is 19.8 Å². The minimum atomic E-state index is -0.548. The van der Waals surface area contributed by atoms with Crippen LogP contribution in [0.1, 0.15) is 18.9 Å². The standard InChI is InChI=1S/C11H15NO2/c1-3-6-9-7-4-5-8-10(9)12-11(13)14-2/h4-5,7-8H,3,6H2,1-2H3,(H,12,13)/p-1. The molecule has 14 heavy (non-hydrogen) atoms. The second-order valence-corrected chi connectivity index (χ2v) is 2.96. The summed E-state index contributed by atoms with van der Waals surface area (Å²) in [5, 5.41) is 10.9. The van der Waals surface area contributed by atoms with E-state index in [4.69, 9.17) is 0 Å². The summed E-state index contributed by atoms with van der Waals surface area (Å²) >= 11 is 0. The van der Waals surface area contributed by atoms with E-state index in [0.29, 0.717) is 5.69 Å². The van der Waals surface area contributed by atoms with Gasteiger partial charge in [-0.05, 0) is 25.2 Å². The molecule has 0 fully saturated rings. The zero-order valence-corrected chi connectivity index (χ0v) is 8.49. The molecule has 1 rings (SSSR count). The SMILES string of the molecule is CCCc1ccccc1N=C([O-])OC. The molecule has 0 heterocycles. The Morgan fingerprint density at radius 2 is 2.14 bits per heavy atom. The van der Waals surface area contributed by atoms with Gasteiger partial charge < -0.3 is 9.84 Å². The van der Waals surface area contributed by atoms with Gasteiger partial charge in [0.25, 0.3) is 0 Å². The fraction of sp³-hybridized carbons (Fsp3) is 0.364. The van der Waals surface area contributed by atoms with Crippen molar-refractivity contribution in [2.24, 2.45) is 4.99 Å². The van der Waals surface area contributed by atoms with Crippen LogP contribution >= 0.6 is 0 Å². The molecule has 0 unspecified atom stereocenters. The molecule has 0 spiro atoms. The Morgan fingerprint density at radius 1 is 1.43 bits per heavy atom. The fourth-order valence-electron chi connectivity index (χ4n) is 1.24. The Balaban J connectivity index is 2.95. The topological polar surface area (TPSA) is 44.7 Å². The Bertz CT molecular complexity index is 321. The first-order chi connectivity index (χ1) is 6.77. The number of hydrogen-bond donors (Lipinski definition) is 0. The van der Waals surface area contributed by atoms with Crippen LogP contribution in [0.25, 0.3) is 0 Å². The van der Waals surface area contributed by atoms with Gasteiger partial charge >= 0.3 is 0 Å². The summed E-state index contributed by atoms with van der Waals surface area (Å²) in [6.07, 6.45) is 1.42. The van der Waals surface area contributed by atoms with Gasteiger partial charge in [0.1, 0.15) is 0 Å². The van der Waals surface area contributed by atoms with Crippen molar-refractivity contribution in [3.05, 3.63) is 29.8 Å². The van der Waals surface area contributed by atoms with Crippen LogP contribution in [-0.2, 0) is 11.2 Å².